The van der Waals surface area contributed by atoms with Gasteiger partial charge in [0, 0.05) is 25.1 Å². The Hall–Kier alpha value is -1.95. The lowest BCUT2D eigenvalue weighted by Gasteiger charge is -2.13. The number of nitrogens with one attached hydrogen (secondary N) is 1. The lowest BCUT2D eigenvalue weighted by atomic mass is 10.2. The Kier molecular flexibility index (Phi) is 4.41. The minimum Gasteiger partial charge on any atom is -0.480 e. The van der Waals surface area contributed by atoms with Gasteiger partial charge in [-0.3, -0.25) is 9.78 Å². The van der Waals surface area contributed by atoms with E-state index in [1.54, 1.807) is 0 Å². The Morgan fingerprint density at radius 3 is 2.62 bits per heavy atom. The standard InChI is InChI=1S/C10H12N2O4/c1-16-6-8(10(14)15)12-9(13)7-2-4-11-5-3-7/h2-5,8H,6H2,1H3,(H,12,13)(H,14,15). The Morgan fingerprint density at radius 2 is 2.12 bits per heavy atom. The molecule has 0 aliphatic heterocycles. The molecular weight excluding hydrogens is 212 g/mol. The smallest absolute Gasteiger partial charge is 0.328 e. The maximum absolute atomic E-state index is 11.6. The van der Waals surface area contributed by atoms with Crippen LogP contribution in [0.25, 0.3) is 0 Å². The second-order valence-corrected chi connectivity index (χ2v) is 3.06. The van der Waals surface area contributed by atoms with Crippen molar-refractivity contribution in [1.29, 1.82) is 0 Å². The fourth-order valence-electron chi connectivity index (χ4n) is 1.09. The second kappa shape index (κ2) is 5.82. The average Bonchev–Trinajstić information content (AvgIpc) is 2.29. The van der Waals surface area contributed by atoms with Crippen LogP contribution in [0.1, 0.15) is 10.4 Å². The van der Waals surface area contributed by atoms with E-state index in [0.29, 0.717) is 5.56 Å². The Balaban J connectivity index is 2.65. The van der Waals surface area contributed by atoms with Gasteiger partial charge in [0.15, 0.2) is 6.04 Å². The SMILES string of the molecule is COCC(NC(=O)c1ccncc1)C(=O)O. The summed E-state index contributed by atoms with van der Waals surface area (Å²) in [6.45, 7) is -0.0772. The molecule has 6 nitrogen and oxygen atoms in total. The maximum Gasteiger partial charge on any atom is 0.328 e. The summed E-state index contributed by atoms with van der Waals surface area (Å²) in [6, 6.07) is 1.95. The van der Waals surface area contributed by atoms with Gasteiger partial charge in [-0.15, -0.1) is 0 Å². The van der Waals surface area contributed by atoms with E-state index in [1.165, 1.54) is 31.6 Å². The molecule has 1 aromatic rings. The molecule has 0 saturated heterocycles. The molecule has 0 spiro atoms. The van der Waals surface area contributed by atoms with E-state index >= 15 is 0 Å². The number of ether oxygens (including phenoxy) is 1. The van der Waals surface area contributed by atoms with Gasteiger partial charge in [0.1, 0.15) is 0 Å². The lowest BCUT2D eigenvalue weighted by Crippen LogP contribution is -2.43. The molecule has 0 bridgehead atoms. The number of methoxy groups -OCH3 is 1. The first-order chi connectivity index (χ1) is 7.65. The van der Waals surface area contributed by atoms with Gasteiger partial charge in [0.2, 0.25) is 0 Å². The number of aliphatic carboxylic acids is 1. The van der Waals surface area contributed by atoms with Crippen molar-refractivity contribution in [2.24, 2.45) is 0 Å². The first-order valence-electron chi connectivity index (χ1n) is 4.57. The zero-order valence-electron chi connectivity index (χ0n) is 8.71. The topological polar surface area (TPSA) is 88.5 Å². The Morgan fingerprint density at radius 1 is 1.50 bits per heavy atom. The number of carboxylic acids is 1. The van der Waals surface area contributed by atoms with Crippen molar-refractivity contribution in [3.8, 4) is 0 Å². The number of amides is 1. The normalized spacial score (nSPS) is 11.8. The molecule has 1 rings (SSSR count). The van der Waals surface area contributed by atoms with Gasteiger partial charge in [-0.05, 0) is 12.1 Å². The minimum atomic E-state index is -1.13. The molecule has 0 radical (unpaired) electrons. The van der Waals surface area contributed by atoms with Crippen molar-refractivity contribution in [1.82, 2.24) is 10.3 Å². The molecule has 86 valence electrons. The van der Waals surface area contributed by atoms with Crippen LogP contribution in [0.3, 0.4) is 0 Å². The van der Waals surface area contributed by atoms with Crippen molar-refractivity contribution < 1.29 is 19.4 Å². The van der Waals surface area contributed by atoms with Crippen LogP contribution in [0.15, 0.2) is 24.5 Å². The van der Waals surface area contributed by atoms with E-state index in [2.05, 4.69) is 10.3 Å². The molecule has 1 unspecified atom stereocenters. The summed E-state index contributed by atoms with van der Waals surface area (Å²) >= 11 is 0. The molecule has 0 aliphatic carbocycles. The first kappa shape index (κ1) is 12.1. The second-order valence-electron chi connectivity index (χ2n) is 3.06. The van der Waals surface area contributed by atoms with E-state index in [9.17, 15) is 9.59 Å². The molecular formula is C10H12N2O4. The van der Waals surface area contributed by atoms with E-state index in [0.717, 1.165) is 0 Å². The van der Waals surface area contributed by atoms with E-state index in [-0.39, 0.29) is 6.61 Å². The summed E-state index contributed by atoms with van der Waals surface area (Å²) < 4.78 is 4.69. The Labute approximate surface area is 92.3 Å². The molecule has 0 aliphatic rings. The quantitative estimate of drug-likeness (QED) is 0.729. The van der Waals surface area contributed by atoms with Gasteiger partial charge in [-0.2, -0.15) is 0 Å². The molecule has 2 N–H and O–H groups in total. The molecule has 0 aromatic carbocycles. The molecule has 1 heterocycles. The number of hydrogen-bond acceptors (Lipinski definition) is 4. The van der Waals surface area contributed by atoms with Crippen LogP contribution in [0.2, 0.25) is 0 Å². The van der Waals surface area contributed by atoms with E-state index < -0.39 is 17.9 Å². The summed E-state index contributed by atoms with van der Waals surface area (Å²) in [7, 11) is 1.37. The fraction of sp³-hybridized carbons (Fsp3) is 0.300. The molecule has 0 fully saturated rings. The fourth-order valence-corrected chi connectivity index (χ4v) is 1.09. The van der Waals surface area contributed by atoms with Gasteiger partial charge in [0.05, 0.1) is 6.61 Å². The number of carbonyl (C=O) groups excluding carboxylic acids is 1. The van der Waals surface area contributed by atoms with E-state index in [4.69, 9.17) is 9.84 Å². The Bertz CT molecular complexity index is 366. The zero-order chi connectivity index (χ0) is 12.0. The summed E-state index contributed by atoms with van der Waals surface area (Å²) in [5.41, 5.74) is 0.359. The number of rotatable bonds is 5. The number of carbonyl (C=O) groups is 2. The molecule has 16 heavy (non-hydrogen) atoms. The summed E-state index contributed by atoms with van der Waals surface area (Å²) in [6.07, 6.45) is 2.92. The summed E-state index contributed by atoms with van der Waals surface area (Å²) in [4.78, 5) is 26.1. The van der Waals surface area contributed by atoms with Gasteiger partial charge >= 0.3 is 5.97 Å². The highest BCUT2D eigenvalue weighted by Gasteiger charge is 2.20. The number of pyridine rings is 1. The highest BCUT2D eigenvalue weighted by Crippen LogP contribution is 1.97. The number of hydrogen-bond donors (Lipinski definition) is 2. The lowest BCUT2D eigenvalue weighted by molar-refractivity contribution is -0.140. The zero-order valence-corrected chi connectivity index (χ0v) is 8.71. The van der Waals surface area contributed by atoms with Crippen LogP contribution >= 0.6 is 0 Å². The number of nitrogens with zero attached hydrogens (tertiary/aromatic N) is 1. The van der Waals surface area contributed by atoms with Crippen LogP contribution in [0.5, 0.6) is 0 Å². The molecule has 0 saturated carbocycles. The number of carboxylic acid groups (broad SMARTS) is 1. The van der Waals surface area contributed by atoms with E-state index in [1.807, 2.05) is 0 Å². The van der Waals surface area contributed by atoms with Gasteiger partial charge < -0.3 is 15.2 Å². The largest absolute Gasteiger partial charge is 0.480 e. The minimum absolute atomic E-state index is 0.0772. The summed E-state index contributed by atoms with van der Waals surface area (Å²) in [5, 5.41) is 11.1. The monoisotopic (exact) mass is 224 g/mol. The van der Waals surface area contributed by atoms with Crippen LogP contribution in [0.4, 0.5) is 0 Å². The van der Waals surface area contributed by atoms with Crippen molar-refractivity contribution in [2.45, 2.75) is 6.04 Å². The highest BCUT2D eigenvalue weighted by atomic mass is 16.5. The van der Waals surface area contributed by atoms with Crippen molar-refractivity contribution in [2.75, 3.05) is 13.7 Å². The average molecular weight is 224 g/mol. The molecule has 1 atom stereocenters. The van der Waals surface area contributed by atoms with Crippen molar-refractivity contribution in [3.05, 3.63) is 30.1 Å². The maximum atomic E-state index is 11.6. The third kappa shape index (κ3) is 3.32. The van der Waals surface area contributed by atoms with Crippen LogP contribution in [0, 0.1) is 0 Å². The van der Waals surface area contributed by atoms with Gasteiger partial charge in [-0.25, -0.2) is 4.79 Å². The third-order valence-electron chi connectivity index (χ3n) is 1.88. The predicted molar refractivity (Wildman–Crippen MR) is 55.0 cm³/mol. The number of aromatic nitrogens is 1. The van der Waals surface area contributed by atoms with Gasteiger partial charge in [0.25, 0.3) is 5.91 Å². The van der Waals surface area contributed by atoms with Crippen molar-refractivity contribution in [3.63, 3.8) is 0 Å². The van der Waals surface area contributed by atoms with Crippen LogP contribution < -0.4 is 5.32 Å². The van der Waals surface area contributed by atoms with Crippen LogP contribution in [-0.4, -0.2) is 41.7 Å². The predicted octanol–water partition coefficient (Wildman–Crippen LogP) is -0.0890. The molecule has 1 amide bonds. The third-order valence-corrected chi connectivity index (χ3v) is 1.88. The van der Waals surface area contributed by atoms with Crippen molar-refractivity contribution >= 4 is 11.9 Å². The molecule has 6 heteroatoms. The highest BCUT2D eigenvalue weighted by molar-refractivity contribution is 5.96. The molecule has 1 aromatic heterocycles. The summed E-state index contributed by atoms with van der Waals surface area (Å²) in [5.74, 6) is -1.60. The van der Waals surface area contributed by atoms with Gasteiger partial charge in [-0.1, -0.05) is 0 Å². The first-order valence-corrected chi connectivity index (χ1v) is 4.57. The van der Waals surface area contributed by atoms with Crippen LogP contribution in [-0.2, 0) is 9.53 Å².